The van der Waals surface area contributed by atoms with Crippen LogP contribution >= 0.6 is 0 Å². The summed E-state index contributed by atoms with van der Waals surface area (Å²) in [6.45, 7) is 0. The molecule has 0 aliphatic heterocycles. The second-order valence-electron chi connectivity index (χ2n) is 0. The molecule has 0 rings (SSSR count). The van der Waals surface area contributed by atoms with Gasteiger partial charge in [-0.2, -0.15) is 0 Å². The topological polar surface area (TPSA) is 0 Å². The van der Waals surface area contributed by atoms with Crippen molar-refractivity contribution in [2.75, 3.05) is 0 Å². The summed E-state index contributed by atoms with van der Waals surface area (Å²) in [5.41, 5.74) is 0. The third-order valence-corrected chi connectivity index (χ3v) is 0. The molecule has 4 heteroatoms. The molecule has 0 fully saturated rings. The zero-order valence-corrected chi connectivity index (χ0v) is 1.56. The molecule has 0 amide bonds. The van der Waals surface area contributed by atoms with Crippen LogP contribution in [0.2, 0.25) is 0 Å². The normalized spacial score (nSPS) is 0. The van der Waals surface area contributed by atoms with E-state index in [1.54, 1.807) is 0 Å². The van der Waals surface area contributed by atoms with E-state index in [0.717, 1.165) is 0 Å². The molecule has 0 aromatic carbocycles. The Labute approximate surface area is 114 Å². The van der Waals surface area contributed by atoms with E-state index in [0.29, 0.717) is 0 Å². The number of hydrogen-bond donors (Lipinski definition) is 0. The summed E-state index contributed by atoms with van der Waals surface area (Å²) < 4.78 is 0. The third kappa shape index (κ3) is 9.19. The molecule has 17 valence electrons. The monoisotopic (exact) mass is 150 g/mol. The summed E-state index contributed by atoms with van der Waals surface area (Å²) in [7, 11) is 0. The van der Waals surface area contributed by atoms with Crippen molar-refractivity contribution < 1.29 is 18.5 Å². The predicted molar refractivity (Wildman–Crippen MR) is 25.3 cm³/mol. The van der Waals surface area contributed by atoms with E-state index < -0.39 is 0 Å². The second-order valence-corrected chi connectivity index (χ2v) is 0. The van der Waals surface area contributed by atoms with Gasteiger partial charge in [-0.15, -0.1) is 0 Å². The molecule has 0 heterocycles. The summed E-state index contributed by atoms with van der Waals surface area (Å²) >= 11 is 0. The Morgan fingerprint density at radius 1 is 1.25 bits per heavy atom. The molecule has 0 N–H and O–H groups in total. The van der Waals surface area contributed by atoms with Gasteiger partial charge in [0.05, 0.1) is 0 Å². The molecule has 0 aromatic rings. The number of rotatable bonds is 0. The zero-order chi connectivity index (χ0) is 0. The van der Waals surface area contributed by atoms with Crippen LogP contribution in [0.3, 0.4) is 0 Å². The fourth-order valence-corrected chi connectivity index (χ4v) is 0. The SMILES string of the molecule is [AlH3].[H+].[KH].[Mn].[NaH]. The molecule has 0 unspecified atom stereocenters. The zero-order valence-electron chi connectivity index (χ0n) is 1.38. The Balaban J connectivity index is 0. The number of hydrogen-bond acceptors (Lipinski definition) is 0. The first-order valence-electron chi connectivity index (χ1n) is 0. The molecule has 0 aliphatic rings. The standard InChI is InChI=1S/Al.K.Mn.Na.5H/p+1. The molecule has 0 aliphatic carbocycles. The van der Waals surface area contributed by atoms with E-state index in [9.17, 15) is 0 Å². The van der Waals surface area contributed by atoms with Gasteiger partial charge in [0.1, 0.15) is 0 Å². The van der Waals surface area contributed by atoms with Gasteiger partial charge in [-0.1, -0.05) is 0 Å². The Hall–Kier alpha value is 3.69. The Kier molecular flexibility index (Phi) is 101. The molecule has 4 heavy (non-hydrogen) atoms. The first kappa shape index (κ1) is 25.3. The van der Waals surface area contributed by atoms with Crippen LogP contribution in [0.15, 0.2) is 0 Å². The third-order valence-electron chi connectivity index (χ3n) is 0. The van der Waals surface area contributed by atoms with Crippen molar-refractivity contribution in [2.45, 2.75) is 0 Å². The van der Waals surface area contributed by atoms with Crippen LogP contribution in [-0.4, -0.2) is 98.3 Å². The Bertz CT molecular complexity index is 11.6. The molecule has 0 saturated heterocycles. The predicted octanol–water partition coefficient (Wildman–Crippen LogP) is -2.37. The van der Waals surface area contributed by atoms with E-state index in [-0.39, 0.29) is 117 Å². The van der Waals surface area contributed by atoms with Crippen molar-refractivity contribution in [3.63, 3.8) is 0 Å². The molecular formula is H6AlKMnNa+. The maximum atomic E-state index is 0. The summed E-state index contributed by atoms with van der Waals surface area (Å²) in [6, 6.07) is 0. The maximum absolute atomic E-state index is 0. The quantitative estimate of drug-likeness (QED) is 0.338. The van der Waals surface area contributed by atoms with Crippen molar-refractivity contribution in [1.29, 1.82) is 0 Å². The molecule has 0 nitrogen and oxygen atoms in total. The average molecular weight is 150 g/mol. The van der Waals surface area contributed by atoms with Crippen molar-refractivity contribution >= 4 is 98.3 Å². The van der Waals surface area contributed by atoms with E-state index in [1.165, 1.54) is 0 Å². The van der Waals surface area contributed by atoms with Gasteiger partial charge in [0.15, 0.2) is 17.4 Å². The van der Waals surface area contributed by atoms with Gasteiger partial charge in [-0.3, -0.25) is 0 Å². The summed E-state index contributed by atoms with van der Waals surface area (Å²) in [5.74, 6) is 0. The van der Waals surface area contributed by atoms with Crippen LogP contribution in [0.25, 0.3) is 0 Å². The molecule has 0 atom stereocenters. The van der Waals surface area contributed by atoms with Gasteiger partial charge in [0.2, 0.25) is 0 Å². The van der Waals surface area contributed by atoms with Crippen LogP contribution in [0.1, 0.15) is 1.43 Å². The molecule has 0 spiro atoms. The van der Waals surface area contributed by atoms with Crippen LogP contribution in [0, 0.1) is 0 Å². The van der Waals surface area contributed by atoms with Crippen molar-refractivity contribution in [3.05, 3.63) is 0 Å². The first-order valence-corrected chi connectivity index (χ1v) is 0. The molecule has 0 bridgehead atoms. The Morgan fingerprint density at radius 3 is 1.25 bits per heavy atom. The minimum absolute atomic E-state index is 0. The summed E-state index contributed by atoms with van der Waals surface area (Å²) in [4.78, 5) is 0. The first-order chi connectivity index (χ1) is 0. The molecular weight excluding hydrogens is 144 g/mol. The van der Waals surface area contributed by atoms with Crippen LogP contribution in [0.4, 0.5) is 0 Å². The molecule has 0 saturated carbocycles. The van der Waals surface area contributed by atoms with Crippen LogP contribution in [-0.2, 0) is 17.1 Å². The Morgan fingerprint density at radius 2 is 1.25 bits per heavy atom. The van der Waals surface area contributed by atoms with Gasteiger partial charge >= 0.3 is 82.4 Å². The van der Waals surface area contributed by atoms with Gasteiger partial charge in [0.25, 0.3) is 0 Å². The van der Waals surface area contributed by atoms with Crippen molar-refractivity contribution in [2.24, 2.45) is 0 Å². The van der Waals surface area contributed by atoms with Gasteiger partial charge in [-0.25, -0.2) is 0 Å². The van der Waals surface area contributed by atoms with E-state index in [1.807, 2.05) is 0 Å². The van der Waals surface area contributed by atoms with Gasteiger partial charge in [-0.05, 0) is 0 Å². The van der Waals surface area contributed by atoms with Crippen LogP contribution < -0.4 is 0 Å². The van der Waals surface area contributed by atoms with Crippen LogP contribution in [0.5, 0.6) is 0 Å². The van der Waals surface area contributed by atoms with E-state index in [2.05, 4.69) is 0 Å². The fraction of sp³-hybridized carbons (Fsp3) is 0. The molecule has 0 aromatic heterocycles. The average Bonchev–Trinajstić information content (AvgIpc) is 0. The minimum atomic E-state index is 0. The van der Waals surface area contributed by atoms with Gasteiger partial charge in [0, 0.05) is 17.1 Å². The second kappa shape index (κ2) is 15.9. The van der Waals surface area contributed by atoms with Gasteiger partial charge < -0.3 is 0 Å². The summed E-state index contributed by atoms with van der Waals surface area (Å²) in [5, 5.41) is 0. The fourth-order valence-electron chi connectivity index (χ4n) is 0. The molecule has 1 radical (unpaired) electrons. The summed E-state index contributed by atoms with van der Waals surface area (Å²) in [6.07, 6.45) is 0. The van der Waals surface area contributed by atoms with E-state index >= 15 is 0 Å². The van der Waals surface area contributed by atoms with Crippen molar-refractivity contribution in [3.8, 4) is 0 Å². The van der Waals surface area contributed by atoms with Crippen molar-refractivity contribution in [1.82, 2.24) is 0 Å². The van der Waals surface area contributed by atoms with E-state index in [4.69, 9.17) is 0 Å².